The molecule has 1 aliphatic rings. The van der Waals surface area contributed by atoms with Crippen LogP contribution in [-0.4, -0.2) is 37.6 Å². The molecule has 0 radical (unpaired) electrons. The number of halogens is 1. The van der Waals surface area contributed by atoms with E-state index < -0.39 is 11.9 Å². The van der Waals surface area contributed by atoms with Gasteiger partial charge in [-0.05, 0) is 37.6 Å². The van der Waals surface area contributed by atoms with Crippen LogP contribution in [0.15, 0.2) is 48.5 Å². The minimum absolute atomic E-state index is 0.0856. The molecule has 1 unspecified atom stereocenters. The summed E-state index contributed by atoms with van der Waals surface area (Å²) in [5.74, 6) is -0.186. The van der Waals surface area contributed by atoms with E-state index in [1.54, 1.807) is 43.3 Å². The highest BCUT2D eigenvalue weighted by Crippen LogP contribution is 2.33. The second-order valence-corrected chi connectivity index (χ2v) is 6.13. The highest BCUT2D eigenvalue weighted by molar-refractivity contribution is 6.03. The van der Waals surface area contributed by atoms with Gasteiger partial charge in [-0.15, -0.1) is 0 Å². The van der Waals surface area contributed by atoms with Crippen molar-refractivity contribution < 1.29 is 23.5 Å². The number of nitrogens with one attached hydrogen (secondary N) is 1. The van der Waals surface area contributed by atoms with Crippen LogP contribution in [0.2, 0.25) is 0 Å². The summed E-state index contributed by atoms with van der Waals surface area (Å²) in [7, 11) is 0. The lowest BCUT2D eigenvalue weighted by Gasteiger charge is -2.32. The van der Waals surface area contributed by atoms with E-state index in [-0.39, 0.29) is 30.7 Å². The molecule has 0 aromatic heterocycles. The zero-order valence-electron chi connectivity index (χ0n) is 15.0. The van der Waals surface area contributed by atoms with Crippen molar-refractivity contribution in [2.24, 2.45) is 0 Å². The summed E-state index contributed by atoms with van der Waals surface area (Å²) in [5, 5.41) is 2.75. The van der Waals surface area contributed by atoms with Crippen LogP contribution in [0.25, 0.3) is 0 Å². The minimum Gasteiger partial charge on any atom is -0.490 e. The van der Waals surface area contributed by atoms with Gasteiger partial charge < -0.3 is 14.8 Å². The summed E-state index contributed by atoms with van der Waals surface area (Å²) in [6.07, 6.45) is -0.119. The molecule has 1 N–H and O–H groups in total. The first-order valence-electron chi connectivity index (χ1n) is 8.77. The Balaban J connectivity index is 1.47. The average molecular weight is 372 g/mol. The molecular formula is C20H21FN2O4. The molecule has 0 saturated heterocycles. The number of hydrogen-bond donors (Lipinski definition) is 1. The molecule has 2 aromatic rings. The fourth-order valence-corrected chi connectivity index (χ4v) is 2.77. The van der Waals surface area contributed by atoms with Crippen molar-refractivity contribution in [1.82, 2.24) is 5.32 Å². The number of amides is 2. The Bertz CT molecular complexity index is 827. The summed E-state index contributed by atoms with van der Waals surface area (Å²) in [6, 6.07) is 13.3. The van der Waals surface area contributed by atoms with Gasteiger partial charge in [0.25, 0.3) is 5.91 Å². The number of rotatable bonds is 7. The fourth-order valence-electron chi connectivity index (χ4n) is 2.77. The van der Waals surface area contributed by atoms with Gasteiger partial charge in [-0.3, -0.25) is 14.5 Å². The third-order valence-corrected chi connectivity index (χ3v) is 4.11. The highest BCUT2D eigenvalue weighted by Gasteiger charge is 2.32. The zero-order valence-corrected chi connectivity index (χ0v) is 15.0. The molecule has 27 heavy (non-hydrogen) atoms. The predicted molar refractivity (Wildman–Crippen MR) is 98.4 cm³/mol. The molecule has 0 bridgehead atoms. The van der Waals surface area contributed by atoms with Crippen LogP contribution in [0.5, 0.6) is 11.5 Å². The Labute approximate surface area is 156 Å². The second kappa shape index (κ2) is 8.53. The van der Waals surface area contributed by atoms with Gasteiger partial charge in [-0.2, -0.15) is 0 Å². The minimum atomic E-state index is -0.637. The molecule has 0 saturated carbocycles. The summed E-state index contributed by atoms with van der Waals surface area (Å²) < 4.78 is 24.3. The summed E-state index contributed by atoms with van der Waals surface area (Å²) in [6.45, 7) is 2.21. The van der Waals surface area contributed by atoms with Crippen LogP contribution in [0, 0.1) is 5.82 Å². The number of anilines is 1. The van der Waals surface area contributed by atoms with E-state index in [1.165, 1.54) is 11.0 Å². The largest absolute Gasteiger partial charge is 0.490 e. The SMILES string of the molecule is CC1Oc2ccccc2N(CC(=O)NCCCOc2ccccc2F)C1=O. The van der Waals surface area contributed by atoms with Crippen molar-refractivity contribution in [3.8, 4) is 11.5 Å². The first-order chi connectivity index (χ1) is 13.1. The lowest BCUT2D eigenvalue weighted by atomic mass is 10.2. The number of benzene rings is 2. The number of fused-ring (bicyclic) bond motifs is 1. The Hall–Kier alpha value is -3.09. The van der Waals surface area contributed by atoms with Gasteiger partial charge in [-0.1, -0.05) is 24.3 Å². The van der Waals surface area contributed by atoms with Crippen LogP contribution in [-0.2, 0) is 9.59 Å². The molecular weight excluding hydrogens is 351 g/mol. The number of ether oxygens (including phenoxy) is 2. The summed E-state index contributed by atoms with van der Waals surface area (Å²) in [4.78, 5) is 26.0. The Kier molecular flexibility index (Phi) is 5.90. The molecule has 7 heteroatoms. The van der Waals surface area contributed by atoms with Crippen LogP contribution in [0.1, 0.15) is 13.3 Å². The molecule has 0 aliphatic carbocycles. The zero-order chi connectivity index (χ0) is 19.2. The third kappa shape index (κ3) is 4.55. The number of carbonyl (C=O) groups is 2. The monoisotopic (exact) mass is 372 g/mol. The molecule has 0 fully saturated rings. The Morgan fingerprint density at radius 1 is 1.22 bits per heavy atom. The maximum absolute atomic E-state index is 13.4. The standard InChI is InChI=1S/C20H21FN2O4/c1-14-20(25)23(16-8-3-5-10-18(16)27-14)13-19(24)22-11-6-12-26-17-9-4-2-7-15(17)21/h2-5,7-10,14H,6,11-13H2,1H3,(H,22,24). The normalized spacial score (nSPS) is 15.7. The summed E-state index contributed by atoms with van der Waals surface area (Å²) in [5.41, 5.74) is 0.582. The second-order valence-electron chi connectivity index (χ2n) is 6.13. The van der Waals surface area contributed by atoms with Crippen molar-refractivity contribution in [2.45, 2.75) is 19.4 Å². The van der Waals surface area contributed by atoms with Crippen molar-refractivity contribution in [3.05, 3.63) is 54.3 Å². The van der Waals surface area contributed by atoms with Gasteiger partial charge in [0.15, 0.2) is 17.7 Å². The molecule has 2 amide bonds. The quantitative estimate of drug-likeness (QED) is 0.759. The maximum atomic E-state index is 13.4. The lowest BCUT2D eigenvalue weighted by Crippen LogP contribution is -2.48. The van der Waals surface area contributed by atoms with E-state index in [2.05, 4.69) is 5.32 Å². The van der Waals surface area contributed by atoms with Crippen LogP contribution < -0.4 is 19.7 Å². The van der Waals surface area contributed by atoms with Crippen LogP contribution in [0.3, 0.4) is 0 Å². The molecule has 3 rings (SSSR count). The molecule has 1 atom stereocenters. The van der Waals surface area contributed by atoms with Gasteiger partial charge in [0.1, 0.15) is 12.3 Å². The highest BCUT2D eigenvalue weighted by atomic mass is 19.1. The van der Waals surface area contributed by atoms with E-state index in [4.69, 9.17) is 9.47 Å². The number of carbonyl (C=O) groups excluding carboxylic acids is 2. The number of nitrogens with zero attached hydrogens (tertiary/aromatic N) is 1. The van der Waals surface area contributed by atoms with E-state index >= 15 is 0 Å². The number of hydrogen-bond acceptors (Lipinski definition) is 4. The van der Waals surface area contributed by atoms with Gasteiger partial charge in [0.05, 0.1) is 12.3 Å². The van der Waals surface area contributed by atoms with Gasteiger partial charge in [-0.25, -0.2) is 4.39 Å². The van der Waals surface area contributed by atoms with Crippen LogP contribution >= 0.6 is 0 Å². The maximum Gasteiger partial charge on any atom is 0.268 e. The fraction of sp³-hybridized carbons (Fsp3) is 0.300. The summed E-state index contributed by atoms with van der Waals surface area (Å²) >= 11 is 0. The van der Waals surface area contributed by atoms with Crippen LogP contribution in [0.4, 0.5) is 10.1 Å². The third-order valence-electron chi connectivity index (χ3n) is 4.11. The Morgan fingerprint density at radius 3 is 2.78 bits per heavy atom. The van der Waals surface area contributed by atoms with E-state index in [0.29, 0.717) is 24.4 Å². The van der Waals surface area contributed by atoms with Gasteiger partial charge >= 0.3 is 0 Å². The predicted octanol–water partition coefficient (Wildman–Crippen LogP) is 2.52. The molecule has 1 heterocycles. The molecule has 6 nitrogen and oxygen atoms in total. The first kappa shape index (κ1) is 18.7. The Morgan fingerprint density at radius 2 is 1.96 bits per heavy atom. The smallest absolute Gasteiger partial charge is 0.268 e. The van der Waals surface area contributed by atoms with Crippen molar-refractivity contribution in [3.63, 3.8) is 0 Å². The first-order valence-corrected chi connectivity index (χ1v) is 8.77. The van der Waals surface area contributed by atoms with Crippen molar-refractivity contribution in [1.29, 1.82) is 0 Å². The average Bonchev–Trinajstić information content (AvgIpc) is 2.66. The van der Waals surface area contributed by atoms with Gasteiger partial charge in [0.2, 0.25) is 5.91 Å². The molecule has 1 aliphatic heterocycles. The number of para-hydroxylation sites is 3. The topological polar surface area (TPSA) is 67.9 Å². The van der Waals surface area contributed by atoms with Gasteiger partial charge in [0, 0.05) is 6.54 Å². The van der Waals surface area contributed by atoms with Crippen molar-refractivity contribution in [2.75, 3.05) is 24.6 Å². The van der Waals surface area contributed by atoms with Crippen molar-refractivity contribution >= 4 is 17.5 Å². The van der Waals surface area contributed by atoms with E-state index in [1.807, 2.05) is 6.07 Å². The van der Waals surface area contributed by atoms with E-state index in [9.17, 15) is 14.0 Å². The molecule has 2 aromatic carbocycles. The lowest BCUT2D eigenvalue weighted by molar-refractivity contribution is -0.128. The molecule has 142 valence electrons. The van der Waals surface area contributed by atoms with E-state index in [0.717, 1.165) is 0 Å². The molecule has 0 spiro atoms.